The van der Waals surface area contributed by atoms with Crippen LogP contribution in [0.3, 0.4) is 0 Å². The van der Waals surface area contributed by atoms with Crippen molar-refractivity contribution in [3.05, 3.63) is 59.5 Å². The molecule has 0 aliphatic rings. The average molecular weight is 243 g/mol. The molecule has 1 heterocycles. The Hall–Kier alpha value is -1.54. The maximum Gasteiger partial charge on any atom is 0.125 e. The Morgan fingerprint density at radius 3 is 2.22 bits per heavy atom. The van der Waals surface area contributed by atoms with Gasteiger partial charge in [0.05, 0.1) is 12.3 Å². The van der Waals surface area contributed by atoms with E-state index in [9.17, 15) is 0 Å². The first-order valence-corrected chi connectivity index (χ1v) is 6.59. The summed E-state index contributed by atoms with van der Waals surface area (Å²) in [6.45, 7) is 7.45. The third kappa shape index (κ3) is 2.82. The number of rotatable bonds is 5. The minimum atomic E-state index is 0.145. The maximum absolute atomic E-state index is 5.52. The van der Waals surface area contributed by atoms with Gasteiger partial charge in [-0.1, -0.05) is 45.0 Å². The molecule has 0 spiro atoms. The summed E-state index contributed by atoms with van der Waals surface area (Å²) in [5.41, 5.74) is 2.62. The number of hydrogen-bond donors (Lipinski definition) is 1. The Balaban J connectivity index is 2.26. The zero-order valence-corrected chi connectivity index (χ0v) is 11.3. The SMILES string of the molecule is CCNC(c1ccc(C(C)C)cc1)c1ccco1. The number of nitrogens with one attached hydrogen (secondary N) is 1. The second-order valence-corrected chi connectivity index (χ2v) is 4.83. The van der Waals surface area contributed by atoms with Crippen LogP contribution >= 0.6 is 0 Å². The summed E-state index contributed by atoms with van der Waals surface area (Å²) in [6.07, 6.45) is 1.72. The number of benzene rings is 1. The predicted molar refractivity (Wildman–Crippen MR) is 74.8 cm³/mol. The van der Waals surface area contributed by atoms with Crippen molar-refractivity contribution >= 4 is 0 Å². The molecule has 18 heavy (non-hydrogen) atoms. The third-order valence-electron chi connectivity index (χ3n) is 3.17. The highest BCUT2D eigenvalue weighted by molar-refractivity contribution is 5.31. The summed E-state index contributed by atoms with van der Waals surface area (Å²) < 4.78 is 5.52. The second kappa shape index (κ2) is 5.87. The largest absolute Gasteiger partial charge is 0.467 e. The summed E-state index contributed by atoms with van der Waals surface area (Å²) in [5, 5.41) is 3.46. The van der Waals surface area contributed by atoms with E-state index >= 15 is 0 Å². The van der Waals surface area contributed by atoms with Crippen molar-refractivity contribution in [2.45, 2.75) is 32.7 Å². The standard InChI is InChI=1S/C16H21NO/c1-4-17-16(15-6-5-11-18-15)14-9-7-13(8-10-14)12(2)3/h5-12,16-17H,4H2,1-3H3. The molecule has 2 rings (SSSR count). The van der Waals surface area contributed by atoms with Gasteiger partial charge < -0.3 is 9.73 Å². The molecule has 1 unspecified atom stereocenters. The maximum atomic E-state index is 5.52. The quantitative estimate of drug-likeness (QED) is 0.855. The fourth-order valence-corrected chi connectivity index (χ4v) is 2.12. The lowest BCUT2D eigenvalue weighted by Gasteiger charge is -2.17. The van der Waals surface area contributed by atoms with Gasteiger partial charge in [-0.05, 0) is 35.7 Å². The van der Waals surface area contributed by atoms with E-state index in [2.05, 4.69) is 50.4 Å². The first-order valence-electron chi connectivity index (χ1n) is 6.59. The van der Waals surface area contributed by atoms with Crippen LogP contribution in [0, 0.1) is 0 Å². The van der Waals surface area contributed by atoms with Crippen LogP contribution in [0.2, 0.25) is 0 Å². The molecule has 0 fully saturated rings. The molecule has 0 aliphatic carbocycles. The molecular weight excluding hydrogens is 222 g/mol. The minimum Gasteiger partial charge on any atom is -0.467 e. The van der Waals surface area contributed by atoms with Gasteiger partial charge in [-0.3, -0.25) is 0 Å². The molecular formula is C16H21NO. The summed E-state index contributed by atoms with van der Waals surface area (Å²) >= 11 is 0. The summed E-state index contributed by atoms with van der Waals surface area (Å²) in [5.74, 6) is 1.54. The van der Waals surface area contributed by atoms with Gasteiger partial charge in [0.1, 0.15) is 5.76 Å². The number of furan rings is 1. The van der Waals surface area contributed by atoms with Gasteiger partial charge in [0.15, 0.2) is 0 Å². The van der Waals surface area contributed by atoms with E-state index in [0.717, 1.165) is 12.3 Å². The highest BCUT2D eigenvalue weighted by Crippen LogP contribution is 2.24. The Kier molecular flexibility index (Phi) is 4.21. The van der Waals surface area contributed by atoms with E-state index in [1.807, 2.05) is 12.1 Å². The van der Waals surface area contributed by atoms with Crippen molar-refractivity contribution in [3.8, 4) is 0 Å². The smallest absolute Gasteiger partial charge is 0.125 e. The molecule has 0 saturated heterocycles. The highest BCUT2D eigenvalue weighted by Gasteiger charge is 2.15. The minimum absolute atomic E-state index is 0.145. The van der Waals surface area contributed by atoms with Crippen LogP contribution in [0.4, 0.5) is 0 Å². The molecule has 0 bridgehead atoms. The molecule has 2 nitrogen and oxygen atoms in total. The molecule has 0 saturated carbocycles. The second-order valence-electron chi connectivity index (χ2n) is 4.83. The monoisotopic (exact) mass is 243 g/mol. The van der Waals surface area contributed by atoms with Crippen molar-refractivity contribution in [1.82, 2.24) is 5.32 Å². The Morgan fingerprint density at radius 1 is 1.06 bits per heavy atom. The first-order chi connectivity index (χ1) is 8.72. The highest BCUT2D eigenvalue weighted by atomic mass is 16.3. The fraction of sp³-hybridized carbons (Fsp3) is 0.375. The summed E-state index contributed by atoms with van der Waals surface area (Å²) in [7, 11) is 0. The lowest BCUT2D eigenvalue weighted by atomic mass is 9.98. The zero-order chi connectivity index (χ0) is 13.0. The van der Waals surface area contributed by atoms with E-state index in [1.54, 1.807) is 6.26 Å². The molecule has 1 aromatic heterocycles. The van der Waals surface area contributed by atoms with E-state index in [4.69, 9.17) is 4.42 Å². The Labute approximate surface area is 109 Å². The van der Waals surface area contributed by atoms with Crippen LogP contribution in [-0.2, 0) is 0 Å². The van der Waals surface area contributed by atoms with Crippen LogP contribution in [0.25, 0.3) is 0 Å². The molecule has 96 valence electrons. The van der Waals surface area contributed by atoms with Crippen LogP contribution in [-0.4, -0.2) is 6.54 Å². The molecule has 1 atom stereocenters. The Bertz CT molecular complexity index is 456. The first kappa shape index (κ1) is 12.9. The van der Waals surface area contributed by atoms with Crippen LogP contribution in [0.5, 0.6) is 0 Å². The van der Waals surface area contributed by atoms with Gasteiger partial charge in [-0.25, -0.2) is 0 Å². The van der Waals surface area contributed by atoms with Crippen LogP contribution < -0.4 is 5.32 Å². The van der Waals surface area contributed by atoms with Crippen LogP contribution in [0.15, 0.2) is 47.1 Å². The lowest BCUT2D eigenvalue weighted by Crippen LogP contribution is -2.21. The molecule has 0 aliphatic heterocycles. The molecule has 1 N–H and O–H groups in total. The third-order valence-corrected chi connectivity index (χ3v) is 3.17. The van der Waals surface area contributed by atoms with Gasteiger partial charge in [0.2, 0.25) is 0 Å². The molecule has 0 amide bonds. The number of hydrogen-bond acceptors (Lipinski definition) is 2. The van der Waals surface area contributed by atoms with Crippen molar-refractivity contribution in [2.75, 3.05) is 6.54 Å². The van der Waals surface area contributed by atoms with E-state index in [0.29, 0.717) is 5.92 Å². The molecule has 2 aromatic rings. The summed E-state index contributed by atoms with van der Waals surface area (Å²) in [4.78, 5) is 0. The molecule has 1 aromatic carbocycles. The van der Waals surface area contributed by atoms with Crippen molar-refractivity contribution in [2.24, 2.45) is 0 Å². The van der Waals surface area contributed by atoms with E-state index in [1.165, 1.54) is 11.1 Å². The normalized spacial score (nSPS) is 12.9. The zero-order valence-electron chi connectivity index (χ0n) is 11.3. The van der Waals surface area contributed by atoms with Gasteiger partial charge in [0.25, 0.3) is 0 Å². The topological polar surface area (TPSA) is 25.2 Å². The molecule has 2 heteroatoms. The lowest BCUT2D eigenvalue weighted by molar-refractivity contribution is 0.452. The predicted octanol–water partition coefficient (Wildman–Crippen LogP) is 4.10. The summed E-state index contributed by atoms with van der Waals surface area (Å²) in [6, 6.07) is 12.9. The van der Waals surface area contributed by atoms with Crippen molar-refractivity contribution < 1.29 is 4.42 Å². The van der Waals surface area contributed by atoms with Gasteiger partial charge in [-0.15, -0.1) is 0 Å². The van der Waals surface area contributed by atoms with Crippen molar-refractivity contribution in [3.63, 3.8) is 0 Å². The van der Waals surface area contributed by atoms with E-state index in [-0.39, 0.29) is 6.04 Å². The molecule has 0 radical (unpaired) electrons. The van der Waals surface area contributed by atoms with Crippen molar-refractivity contribution in [1.29, 1.82) is 0 Å². The fourth-order valence-electron chi connectivity index (χ4n) is 2.12. The Morgan fingerprint density at radius 2 is 1.72 bits per heavy atom. The van der Waals surface area contributed by atoms with E-state index < -0.39 is 0 Å². The van der Waals surface area contributed by atoms with Gasteiger partial charge >= 0.3 is 0 Å². The average Bonchev–Trinajstić information content (AvgIpc) is 2.90. The van der Waals surface area contributed by atoms with Gasteiger partial charge in [-0.2, -0.15) is 0 Å². The van der Waals surface area contributed by atoms with Crippen LogP contribution in [0.1, 0.15) is 49.6 Å². The van der Waals surface area contributed by atoms with Gasteiger partial charge in [0, 0.05) is 0 Å².